The standard InChI is InChI=1S/C8H14NO5/c1-4(11)9-5-3-14-6(2-10)8(13)7(5)12/h3,5-8,10,12-13H,2H2,1H3,(H,9,11)/t5-,6-,7-,8+/m1/s1. The van der Waals surface area contributed by atoms with Gasteiger partial charge in [0.15, 0.2) is 0 Å². The lowest BCUT2D eigenvalue weighted by Crippen LogP contribution is -2.57. The van der Waals surface area contributed by atoms with Gasteiger partial charge in [-0.3, -0.25) is 4.79 Å². The molecule has 1 saturated heterocycles. The smallest absolute Gasteiger partial charge is 0.217 e. The van der Waals surface area contributed by atoms with E-state index in [9.17, 15) is 15.0 Å². The maximum Gasteiger partial charge on any atom is 0.217 e. The van der Waals surface area contributed by atoms with Crippen LogP contribution >= 0.6 is 0 Å². The first-order valence-corrected chi connectivity index (χ1v) is 4.29. The molecule has 1 amide bonds. The fourth-order valence-electron chi connectivity index (χ4n) is 1.28. The molecule has 1 aliphatic rings. The van der Waals surface area contributed by atoms with Crippen LogP contribution in [-0.4, -0.2) is 52.2 Å². The van der Waals surface area contributed by atoms with Crippen molar-refractivity contribution in [1.29, 1.82) is 0 Å². The largest absolute Gasteiger partial charge is 0.394 e. The number of nitrogens with one attached hydrogen (secondary N) is 1. The summed E-state index contributed by atoms with van der Waals surface area (Å²) in [6, 6.07) is -0.745. The highest BCUT2D eigenvalue weighted by molar-refractivity contribution is 5.73. The molecule has 1 radical (unpaired) electrons. The molecule has 0 aromatic heterocycles. The number of rotatable bonds is 2. The number of ether oxygens (including phenoxy) is 1. The van der Waals surface area contributed by atoms with Crippen LogP contribution in [-0.2, 0) is 9.53 Å². The Hall–Kier alpha value is -0.690. The molecule has 6 heteroatoms. The zero-order valence-electron chi connectivity index (χ0n) is 7.75. The van der Waals surface area contributed by atoms with Crippen molar-refractivity contribution in [3.63, 3.8) is 0 Å². The minimum Gasteiger partial charge on any atom is -0.394 e. The summed E-state index contributed by atoms with van der Waals surface area (Å²) in [5.41, 5.74) is 0. The molecule has 1 fully saturated rings. The lowest BCUT2D eigenvalue weighted by molar-refractivity contribution is -0.144. The highest BCUT2D eigenvalue weighted by atomic mass is 16.5. The van der Waals surface area contributed by atoms with Crippen LogP contribution in [0, 0.1) is 6.61 Å². The fourth-order valence-corrected chi connectivity index (χ4v) is 1.28. The third kappa shape index (κ3) is 2.42. The molecule has 4 atom stereocenters. The summed E-state index contributed by atoms with van der Waals surface area (Å²) in [6.45, 7) is 2.12. The first-order chi connectivity index (χ1) is 6.56. The molecule has 1 aliphatic heterocycles. The van der Waals surface area contributed by atoms with Crippen molar-refractivity contribution in [3.05, 3.63) is 6.61 Å². The van der Waals surface area contributed by atoms with Crippen molar-refractivity contribution < 1.29 is 24.9 Å². The van der Waals surface area contributed by atoms with Crippen LogP contribution in [0.5, 0.6) is 0 Å². The van der Waals surface area contributed by atoms with Gasteiger partial charge in [-0.1, -0.05) is 0 Å². The first kappa shape index (κ1) is 11.4. The van der Waals surface area contributed by atoms with Gasteiger partial charge in [0.1, 0.15) is 24.9 Å². The van der Waals surface area contributed by atoms with Crippen molar-refractivity contribution in [3.8, 4) is 0 Å². The van der Waals surface area contributed by atoms with Gasteiger partial charge < -0.3 is 25.4 Å². The van der Waals surface area contributed by atoms with E-state index in [1.165, 1.54) is 13.5 Å². The number of aliphatic hydroxyl groups excluding tert-OH is 3. The van der Waals surface area contributed by atoms with Gasteiger partial charge in [-0.15, -0.1) is 0 Å². The van der Waals surface area contributed by atoms with Gasteiger partial charge in [-0.2, -0.15) is 0 Å². The van der Waals surface area contributed by atoms with Crippen molar-refractivity contribution in [2.75, 3.05) is 6.61 Å². The second-order valence-electron chi connectivity index (χ2n) is 3.20. The Balaban J connectivity index is 2.54. The van der Waals surface area contributed by atoms with Gasteiger partial charge in [0.2, 0.25) is 5.91 Å². The Kier molecular flexibility index (Phi) is 3.82. The molecule has 4 N–H and O–H groups in total. The molecule has 0 aliphatic carbocycles. The predicted molar refractivity (Wildman–Crippen MR) is 45.9 cm³/mol. The summed E-state index contributed by atoms with van der Waals surface area (Å²) in [7, 11) is 0. The van der Waals surface area contributed by atoms with E-state index in [0.717, 1.165) is 0 Å². The maximum absolute atomic E-state index is 10.7. The van der Waals surface area contributed by atoms with Gasteiger partial charge in [-0.25, -0.2) is 0 Å². The van der Waals surface area contributed by atoms with Crippen LogP contribution < -0.4 is 5.32 Å². The Bertz CT molecular complexity index is 210. The minimum absolute atomic E-state index is 0.330. The number of carbonyl (C=O) groups is 1. The van der Waals surface area contributed by atoms with Crippen LogP contribution in [0.4, 0.5) is 0 Å². The maximum atomic E-state index is 10.7. The van der Waals surface area contributed by atoms with E-state index in [1.54, 1.807) is 0 Å². The second kappa shape index (κ2) is 4.70. The third-order valence-corrected chi connectivity index (χ3v) is 2.05. The Morgan fingerprint density at radius 2 is 2.14 bits per heavy atom. The van der Waals surface area contributed by atoms with Crippen LogP contribution in [0.25, 0.3) is 0 Å². The zero-order chi connectivity index (χ0) is 10.7. The summed E-state index contributed by atoms with van der Waals surface area (Å²) in [5.74, 6) is -0.330. The number of hydrogen-bond acceptors (Lipinski definition) is 5. The molecule has 0 aromatic rings. The number of amides is 1. The minimum atomic E-state index is -1.21. The van der Waals surface area contributed by atoms with E-state index in [4.69, 9.17) is 9.84 Å². The monoisotopic (exact) mass is 204 g/mol. The zero-order valence-corrected chi connectivity index (χ0v) is 7.75. The summed E-state index contributed by atoms with van der Waals surface area (Å²) >= 11 is 0. The van der Waals surface area contributed by atoms with E-state index >= 15 is 0 Å². The lowest BCUT2D eigenvalue weighted by Gasteiger charge is -2.36. The molecule has 1 rings (SSSR count). The molecule has 0 aromatic carbocycles. The molecule has 0 saturated carbocycles. The molecule has 0 spiro atoms. The van der Waals surface area contributed by atoms with Crippen molar-refractivity contribution in [2.45, 2.75) is 31.3 Å². The van der Waals surface area contributed by atoms with Crippen molar-refractivity contribution in [2.24, 2.45) is 0 Å². The summed E-state index contributed by atoms with van der Waals surface area (Å²) in [6.07, 6.45) is -3.21. The third-order valence-electron chi connectivity index (χ3n) is 2.05. The van der Waals surface area contributed by atoms with Crippen LogP contribution in [0.1, 0.15) is 6.92 Å². The van der Waals surface area contributed by atoms with Gasteiger partial charge in [-0.05, 0) is 0 Å². The Morgan fingerprint density at radius 3 is 2.64 bits per heavy atom. The molecule has 6 nitrogen and oxygen atoms in total. The normalized spacial score (nSPS) is 38.0. The fraction of sp³-hybridized carbons (Fsp3) is 0.750. The molecule has 81 valence electrons. The van der Waals surface area contributed by atoms with E-state index in [1.807, 2.05) is 0 Å². The molecule has 0 bridgehead atoms. The van der Waals surface area contributed by atoms with Crippen LogP contribution in [0.2, 0.25) is 0 Å². The van der Waals surface area contributed by atoms with E-state index in [2.05, 4.69) is 5.32 Å². The van der Waals surface area contributed by atoms with Crippen LogP contribution in [0.15, 0.2) is 0 Å². The summed E-state index contributed by atoms with van der Waals surface area (Å²) < 4.78 is 4.92. The highest BCUT2D eigenvalue weighted by Gasteiger charge is 2.38. The summed E-state index contributed by atoms with van der Waals surface area (Å²) in [5, 5.41) is 30.1. The SMILES string of the molecule is CC(=O)N[C@@H]1[CH]O[C@H](CO)[C@H](O)[C@@H]1O. The average Bonchev–Trinajstić information content (AvgIpc) is 2.13. The average molecular weight is 204 g/mol. The Labute approximate surface area is 81.5 Å². The predicted octanol–water partition coefficient (Wildman–Crippen LogP) is -2.23. The van der Waals surface area contributed by atoms with E-state index in [-0.39, 0.29) is 12.5 Å². The van der Waals surface area contributed by atoms with Gasteiger partial charge >= 0.3 is 0 Å². The molecule has 0 unspecified atom stereocenters. The van der Waals surface area contributed by atoms with E-state index < -0.39 is 24.4 Å². The first-order valence-electron chi connectivity index (χ1n) is 4.29. The topological polar surface area (TPSA) is 99.0 Å². The van der Waals surface area contributed by atoms with E-state index in [0.29, 0.717) is 0 Å². The lowest BCUT2D eigenvalue weighted by atomic mass is 9.98. The molecular formula is C8H14NO5. The molecule has 1 heterocycles. The van der Waals surface area contributed by atoms with Crippen molar-refractivity contribution >= 4 is 5.91 Å². The quantitative estimate of drug-likeness (QED) is 0.408. The highest BCUT2D eigenvalue weighted by Crippen LogP contribution is 2.17. The van der Waals surface area contributed by atoms with Gasteiger partial charge in [0.25, 0.3) is 0 Å². The van der Waals surface area contributed by atoms with Crippen molar-refractivity contribution in [1.82, 2.24) is 5.32 Å². The van der Waals surface area contributed by atoms with Crippen LogP contribution in [0.3, 0.4) is 0 Å². The second-order valence-corrected chi connectivity index (χ2v) is 3.20. The number of aliphatic hydroxyl groups is 3. The van der Waals surface area contributed by atoms with Gasteiger partial charge in [0.05, 0.1) is 12.6 Å². The number of carbonyl (C=O) groups excluding carboxylic acids is 1. The molecular weight excluding hydrogens is 190 g/mol. The summed E-state index contributed by atoms with van der Waals surface area (Å²) in [4.78, 5) is 10.7. The van der Waals surface area contributed by atoms with Gasteiger partial charge in [0, 0.05) is 6.92 Å². The molecule has 14 heavy (non-hydrogen) atoms. The number of hydrogen-bond donors (Lipinski definition) is 4. The Morgan fingerprint density at radius 1 is 1.50 bits per heavy atom.